The third kappa shape index (κ3) is 3.60. The molecule has 142 valence electrons. The van der Waals surface area contributed by atoms with Gasteiger partial charge in [0.2, 0.25) is 17.7 Å². The number of amides is 1. The average Bonchev–Trinajstić information content (AvgIpc) is 3.09. The summed E-state index contributed by atoms with van der Waals surface area (Å²) in [5.74, 6) is 1.50. The van der Waals surface area contributed by atoms with Gasteiger partial charge in [-0.25, -0.2) is 4.98 Å². The number of benzene rings is 1. The first kappa shape index (κ1) is 17.7. The van der Waals surface area contributed by atoms with Crippen LogP contribution in [0.3, 0.4) is 0 Å². The minimum atomic E-state index is -0.0275. The Morgan fingerprint density at radius 3 is 2.48 bits per heavy atom. The summed E-state index contributed by atoms with van der Waals surface area (Å²) >= 11 is 0. The molecule has 7 nitrogen and oxygen atoms in total. The highest BCUT2D eigenvalue weighted by Gasteiger charge is 2.37. The number of carbonyl (C=O) groups excluding carboxylic acids is 1. The van der Waals surface area contributed by atoms with Gasteiger partial charge in [0.1, 0.15) is 0 Å². The molecule has 3 heterocycles. The fraction of sp³-hybridized carbons (Fsp3) is 0.450. The van der Waals surface area contributed by atoms with Crippen LogP contribution in [-0.2, 0) is 4.79 Å². The lowest BCUT2D eigenvalue weighted by Crippen LogP contribution is -2.53. The van der Waals surface area contributed by atoms with Gasteiger partial charge < -0.3 is 14.5 Å². The number of aryl methyl sites for hydroxylation is 1. The van der Waals surface area contributed by atoms with E-state index in [1.807, 2.05) is 48.2 Å². The molecule has 1 amide bonds. The SMILES string of the molecule is COc1cc(C)nc(N2CCN(C3CCN(c4ccccc4)C3=O)CC2)n1. The summed E-state index contributed by atoms with van der Waals surface area (Å²) < 4.78 is 5.26. The number of para-hydroxylation sites is 1. The van der Waals surface area contributed by atoms with Crippen molar-refractivity contribution in [3.8, 4) is 5.88 Å². The summed E-state index contributed by atoms with van der Waals surface area (Å²) in [5.41, 5.74) is 1.88. The van der Waals surface area contributed by atoms with E-state index in [9.17, 15) is 4.79 Å². The maximum atomic E-state index is 12.9. The summed E-state index contributed by atoms with van der Waals surface area (Å²) in [6.45, 7) is 6.01. The Morgan fingerprint density at radius 2 is 1.78 bits per heavy atom. The molecule has 2 aliphatic rings. The number of anilines is 2. The Morgan fingerprint density at radius 1 is 1.04 bits per heavy atom. The van der Waals surface area contributed by atoms with Crippen molar-refractivity contribution < 1.29 is 9.53 Å². The van der Waals surface area contributed by atoms with Gasteiger partial charge in [-0.3, -0.25) is 9.69 Å². The number of ether oxygens (including phenoxy) is 1. The highest BCUT2D eigenvalue weighted by atomic mass is 16.5. The second-order valence-electron chi connectivity index (χ2n) is 7.00. The molecule has 2 aliphatic heterocycles. The third-order valence-electron chi connectivity index (χ3n) is 5.31. The van der Waals surface area contributed by atoms with Gasteiger partial charge in [-0.1, -0.05) is 18.2 Å². The number of carbonyl (C=O) groups is 1. The average molecular weight is 367 g/mol. The quantitative estimate of drug-likeness (QED) is 0.820. The summed E-state index contributed by atoms with van der Waals surface area (Å²) in [6, 6.07) is 11.7. The first-order chi connectivity index (χ1) is 13.2. The van der Waals surface area contributed by atoms with Crippen molar-refractivity contribution in [3.63, 3.8) is 0 Å². The second-order valence-corrected chi connectivity index (χ2v) is 7.00. The number of aromatic nitrogens is 2. The first-order valence-corrected chi connectivity index (χ1v) is 9.41. The normalized spacial score (nSPS) is 21.0. The van der Waals surface area contributed by atoms with Crippen LogP contribution in [0.4, 0.5) is 11.6 Å². The van der Waals surface area contributed by atoms with Crippen molar-refractivity contribution in [1.29, 1.82) is 0 Å². The van der Waals surface area contributed by atoms with Gasteiger partial charge in [-0.2, -0.15) is 4.98 Å². The molecule has 0 radical (unpaired) electrons. The molecule has 0 saturated carbocycles. The van der Waals surface area contributed by atoms with Gasteiger partial charge in [-0.05, 0) is 25.5 Å². The number of hydrogen-bond donors (Lipinski definition) is 0. The molecule has 4 rings (SSSR count). The lowest BCUT2D eigenvalue weighted by atomic mass is 10.2. The summed E-state index contributed by atoms with van der Waals surface area (Å²) in [7, 11) is 1.62. The molecule has 27 heavy (non-hydrogen) atoms. The zero-order chi connectivity index (χ0) is 18.8. The molecule has 1 aromatic heterocycles. The van der Waals surface area contributed by atoms with E-state index in [2.05, 4.69) is 19.8 Å². The van der Waals surface area contributed by atoms with E-state index in [1.165, 1.54) is 0 Å². The van der Waals surface area contributed by atoms with Crippen molar-refractivity contribution in [1.82, 2.24) is 14.9 Å². The topological polar surface area (TPSA) is 61.8 Å². The highest BCUT2D eigenvalue weighted by molar-refractivity contribution is 5.99. The maximum absolute atomic E-state index is 12.9. The van der Waals surface area contributed by atoms with E-state index in [4.69, 9.17) is 4.74 Å². The van der Waals surface area contributed by atoms with Crippen LogP contribution in [-0.4, -0.2) is 66.7 Å². The molecular weight excluding hydrogens is 342 g/mol. The van der Waals surface area contributed by atoms with Crippen LogP contribution in [0.2, 0.25) is 0 Å². The molecule has 7 heteroatoms. The molecule has 0 spiro atoms. The monoisotopic (exact) mass is 367 g/mol. The molecule has 2 saturated heterocycles. The molecule has 0 aliphatic carbocycles. The first-order valence-electron chi connectivity index (χ1n) is 9.41. The zero-order valence-corrected chi connectivity index (χ0v) is 15.8. The van der Waals surface area contributed by atoms with Gasteiger partial charge in [-0.15, -0.1) is 0 Å². The Kier molecular flexibility index (Phi) is 4.94. The van der Waals surface area contributed by atoms with Crippen molar-refractivity contribution in [2.24, 2.45) is 0 Å². The van der Waals surface area contributed by atoms with Crippen LogP contribution in [0.25, 0.3) is 0 Å². The summed E-state index contributed by atoms with van der Waals surface area (Å²) in [4.78, 5) is 28.3. The highest BCUT2D eigenvalue weighted by Crippen LogP contribution is 2.25. The largest absolute Gasteiger partial charge is 0.481 e. The Bertz CT molecular complexity index is 805. The fourth-order valence-electron chi connectivity index (χ4n) is 3.87. The lowest BCUT2D eigenvalue weighted by Gasteiger charge is -2.37. The van der Waals surface area contributed by atoms with E-state index in [0.717, 1.165) is 50.5 Å². The number of hydrogen-bond acceptors (Lipinski definition) is 6. The van der Waals surface area contributed by atoms with Crippen LogP contribution < -0.4 is 14.5 Å². The second kappa shape index (κ2) is 7.52. The number of piperazine rings is 1. The van der Waals surface area contributed by atoms with Crippen LogP contribution in [0, 0.1) is 6.92 Å². The standard InChI is InChI=1S/C20H25N5O2/c1-15-14-18(27-2)22-20(21-15)24-12-10-23(11-13-24)17-8-9-25(19(17)26)16-6-4-3-5-7-16/h3-7,14,17H,8-13H2,1-2H3. The van der Waals surface area contributed by atoms with Gasteiger partial charge in [0.15, 0.2) is 0 Å². The van der Waals surface area contributed by atoms with Gasteiger partial charge in [0, 0.05) is 50.2 Å². The van der Waals surface area contributed by atoms with Crippen LogP contribution in [0.5, 0.6) is 5.88 Å². The van der Waals surface area contributed by atoms with Crippen LogP contribution in [0.15, 0.2) is 36.4 Å². The van der Waals surface area contributed by atoms with Crippen molar-refractivity contribution in [3.05, 3.63) is 42.1 Å². The number of rotatable bonds is 4. The van der Waals surface area contributed by atoms with E-state index in [-0.39, 0.29) is 11.9 Å². The van der Waals surface area contributed by atoms with Crippen molar-refractivity contribution in [2.75, 3.05) is 49.6 Å². The molecule has 1 unspecified atom stereocenters. The van der Waals surface area contributed by atoms with E-state index in [1.54, 1.807) is 7.11 Å². The van der Waals surface area contributed by atoms with Gasteiger partial charge >= 0.3 is 0 Å². The molecule has 0 bridgehead atoms. The predicted octanol–water partition coefficient (Wildman–Crippen LogP) is 1.72. The zero-order valence-electron chi connectivity index (χ0n) is 15.8. The Labute approximate surface area is 159 Å². The van der Waals surface area contributed by atoms with E-state index >= 15 is 0 Å². The molecule has 0 N–H and O–H groups in total. The molecular formula is C20H25N5O2. The summed E-state index contributed by atoms with van der Waals surface area (Å²) in [6.07, 6.45) is 0.877. The number of nitrogens with zero attached hydrogens (tertiary/aromatic N) is 5. The maximum Gasteiger partial charge on any atom is 0.244 e. The minimum absolute atomic E-state index is 0.0275. The van der Waals surface area contributed by atoms with Crippen molar-refractivity contribution >= 4 is 17.5 Å². The fourth-order valence-corrected chi connectivity index (χ4v) is 3.87. The number of methoxy groups -OCH3 is 1. The molecule has 2 fully saturated rings. The molecule has 1 atom stereocenters. The minimum Gasteiger partial charge on any atom is -0.481 e. The lowest BCUT2D eigenvalue weighted by molar-refractivity contribution is -0.121. The molecule has 2 aromatic rings. The van der Waals surface area contributed by atoms with E-state index in [0.29, 0.717) is 11.8 Å². The Hall–Kier alpha value is -2.67. The Balaban J connectivity index is 1.40. The smallest absolute Gasteiger partial charge is 0.244 e. The predicted molar refractivity (Wildman–Crippen MR) is 104 cm³/mol. The van der Waals surface area contributed by atoms with Crippen molar-refractivity contribution in [2.45, 2.75) is 19.4 Å². The van der Waals surface area contributed by atoms with Crippen LogP contribution in [0.1, 0.15) is 12.1 Å². The van der Waals surface area contributed by atoms with Gasteiger partial charge in [0.05, 0.1) is 13.2 Å². The molecule has 1 aromatic carbocycles. The summed E-state index contributed by atoms with van der Waals surface area (Å²) in [5, 5.41) is 0. The van der Waals surface area contributed by atoms with Gasteiger partial charge in [0.25, 0.3) is 0 Å². The van der Waals surface area contributed by atoms with E-state index < -0.39 is 0 Å². The third-order valence-corrected chi connectivity index (χ3v) is 5.31. The van der Waals surface area contributed by atoms with Crippen LogP contribution >= 0.6 is 0 Å².